The van der Waals surface area contributed by atoms with Crippen LogP contribution >= 0.6 is 0 Å². The van der Waals surface area contributed by atoms with Crippen molar-refractivity contribution < 1.29 is 14.2 Å². The molecule has 1 amide bonds. The molecular weight excluding hydrogens is 384 g/mol. The molecule has 8 heteroatoms. The molecule has 0 radical (unpaired) electrons. The van der Waals surface area contributed by atoms with Crippen molar-refractivity contribution in [3.8, 4) is 11.3 Å². The second-order valence-electron chi connectivity index (χ2n) is 7.08. The highest BCUT2D eigenvalue weighted by molar-refractivity contribution is 6.13. The van der Waals surface area contributed by atoms with Crippen LogP contribution in [0.25, 0.3) is 22.4 Å². The molecule has 4 aromatic rings. The van der Waals surface area contributed by atoms with Crippen LogP contribution in [0.3, 0.4) is 0 Å². The molecule has 0 aliphatic carbocycles. The minimum Gasteiger partial charge on any atom is -0.335 e. The van der Waals surface area contributed by atoms with Gasteiger partial charge in [-0.25, -0.2) is 4.98 Å². The van der Waals surface area contributed by atoms with Gasteiger partial charge in [0.25, 0.3) is 17.3 Å². The Morgan fingerprint density at radius 2 is 1.90 bits per heavy atom. The lowest BCUT2D eigenvalue weighted by Gasteiger charge is -2.11. The summed E-state index contributed by atoms with van der Waals surface area (Å²) in [4.78, 5) is 28.2. The average molecular weight is 402 g/mol. The Kier molecular flexibility index (Phi) is 4.75. The number of carbonyl (C=O) groups excluding carboxylic acids is 1. The molecular formula is C22H18N4O4. The van der Waals surface area contributed by atoms with Crippen molar-refractivity contribution in [3.05, 3.63) is 81.0 Å². The van der Waals surface area contributed by atoms with Crippen LogP contribution in [0.5, 0.6) is 0 Å². The van der Waals surface area contributed by atoms with Crippen LogP contribution < -0.4 is 5.32 Å². The monoisotopic (exact) mass is 402 g/mol. The summed E-state index contributed by atoms with van der Waals surface area (Å²) in [5.41, 5.74) is 4.62. The van der Waals surface area contributed by atoms with Crippen molar-refractivity contribution in [1.82, 2.24) is 10.1 Å². The quantitative estimate of drug-likeness (QED) is 0.381. The first-order valence-corrected chi connectivity index (χ1v) is 9.24. The van der Waals surface area contributed by atoms with Gasteiger partial charge in [-0.1, -0.05) is 35.0 Å². The van der Waals surface area contributed by atoms with Gasteiger partial charge in [0.05, 0.1) is 27.3 Å². The Bertz CT molecular complexity index is 1310. The Hall–Kier alpha value is -4.07. The third-order valence-corrected chi connectivity index (χ3v) is 4.84. The molecule has 0 unspecified atom stereocenters. The topological polar surface area (TPSA) is 111 Å². The second kappa shape index (κ2) is 7.40. The Labute approximate surface area is 171 Å². The number of rotatable bonds is 4. The van der Waals surface area contributed by atoms with Crippen LogP contribution in [0.2, 0.25) is 0 Å². The summed E-state index contributed by atoms with van der Waals surface area (Å²) in [5.74, 6) is -0.340. The maximum absolute atomic E-state index is 13.2. The lowest BCUT2D eigenvalue weighted by molar-refractivity contribution is -0.384. The first-order chi connectivity index (χ1) is 14.3. The van der Waals surface area contributed by atoms with E-state index in [1.807, 2.05) is 32.0 Å². The zero-order valence-electron chi connectivity index (χ0n) is 16.6. The zero-order valence-corrected chi connectivity index (χ0v) is 16.6. The van der Waals surface area contributed by atoms with Crippen LogP contribution in [-0.4, -0.2) is 21.0 Å². The third-order valence-electron chi connectivity index (χ3n) is 4.84. The van der Waals surface area contributed by atoms with Gasteiger partial charge >= 0.3 is 0 Å². The molecule has 2 aromatic carbocycles. The van der Waals surface area contributed by atoms with Gasteiger partial charge in [0.15, 0.2) is 0 Å². The van der Waals surface area contributed by atoms with Crippen LogP contribution in [-0.2, 0) is 0 Å². The minimum absolute atomic E-state index is 0.0653. The van der Waals surface area contributed by atoms with Crippen molar-refractivity contribution in [2.45, 2.75) is 20.8 Å². The average Bonchev–Trinajstić information content (AvgIpc) is 3.10. The fourth-order valence-electron chi connectivity index (χ4n) is 3.34. The highest BCUT2D eigenvalue weighted by atomic mass is 16.6. The summed E-state index contributed by atoms with van der Waals surface area (Å²) in [7, 11) is 0. The smallest absolute Gasteiger partial charge is 0.270 e. The number of aryl methyl sites for hydroxylation is 3. The molecule has 4 rings (SSSR count). The maximum atomic E-state index is 13.2. The van der Waals surface area contributed by atoms with Crippen molar-refractivity contribution >= 4 is 28.4 Å². The molecule has 30 heavy (non-hydrogen) atoms. The number of nitrogens with one attached hydrogen (secondary N) is 1. The predicted molar refractivity (Wildman–Crippen MR) is 113 cm³/mol. The van der Waals surface area contributed by atoms with E-state index < -0.39 is 4.92 Å². The first kappa shape index (κ1) is 19.3. The first-order valence-electron chi connectivity index (χ1n) is 9.24. The number of anilines is 1. The molecule has 1 N–H and O–H groups in total. The lowest BCUT2D eigenvalue weighted by Crippen LogP contribution is -2.14. The number of nitro benzene ring substituents is 1. The van der Waals surface area contributed by atoms with E-state index in [1.165, 1.54) is 12.1 Å². The number of benzene rings is 2. The normalized spacial score (nSPS) is 10.9. The number of amides is 1. The largest absolute Gasteiger partial charge is 0.335 e. The number of carbonyl (C=O) groups is 1. The van der Waals surface area contributed by atoms with Gasteiger partial charge in [0.1, 0.15) is 0 Å². The number of hydrogen-bond acceptors (Lipinski definition) is 6. The number of hydrogen-bond donors (Lipinski definition) is 1. The number of nitrogens with zero attached hydrogens (tertiary/aromatic N) is 3. The molecule has 150 valence electrons. The van der Waals surface area contributed by atoms with Crippen molar-refractivity contribution in [3.63, 3.8) is 0 Å². The van der Waals surface area contributed by atoms with Crippen molar-refractivity contribution in [2.75, 3.05) is 5.32 Å². The van der Waals surface area contributed by atoms with Gasteiger partial charge in [-0.05, 0) is 38.5 Å². The number of pyridine rings is 1. The molecule has 0 aliphatic heterocycles. The molecule has 2 heterocycles. The molecule has 2 aromatic heterocycles. The Morgan fingerprint density at radius 1 is 1.10 bits per heavy atom. The van der Waals surface area contributed by atoms with Gasteiger partial charge in [-0.2, -0.15) is 0 Å². The molecule has 8 nitrogen and oxygen atoms in total. The third kappa shape index (κ3) is 3.50. The summed E-state index contributed by atoms with van der Waals surface area (Å²) >= 11 is 0. The van der Waals surface area contributed by atoms with Crippen molar-refractivity contribution in [2.24, 2.45) is 0 Å². The lowest BCUT2D eigenvalue weighted by atomic mass is 10.0. The number of fused-ring (bicyclic) bond motifs is 1. The molecule has 0 aliphatic rings. The molecule has 0 atom stereocenters. The van der Waals surface area contributed by atoms with E-state index >= 15 is 0 Å². The standard InChI is InChI=1S/C22H18N4O4/c1-12-7-8-18(13(2)9-12)23-21(27)17-11-19(24-22-20(17)14(3)25-30-22)15-5-4-6-16(10-15)26(28)29/h4-11H,1-3H3,(H,23,27). The fourth-order valence-corrected chi connectivity index (χ4v) is 3.34. The number of non-ortho nitro benzene ring substituents is 1. The van der Waals surface area contributed by atoms with E-state index in [0.29, 0.717) is 33.6 Å². The number of nitro groups is 1. The second-order valence-corrected chi connectivity index (χ2v) is 7.08. The van der Waals surface area contributed by atoms with Gasteiger partial charge in [0.2, 0.25) is 0 Å². The van der Waals surface area contributed by atoms with E-state index in [9.17, 15) is 14.9 Å². The van der Waals surface area contributed by atoms with E-state index in [1.54, 1.807) is 25.1 Å². The van der Waals surface area contributed by atoms with Crippen LogP contribution in [0.4, 0.5) is 11.4 Å². The maximum Gasteiger partial charge on any atom is 0.270 e. The highest BCUT2D eigenvalue weighted by Crippen LogP contribution is 2.29. The van der Waals surface area contributed by atoms with E-state index in [-0.39, 0.29) is 17.3 Å². The van der Waals surface area contributed by atoms with E-state index in [2.05, 4.69) is 15.5 Å². The van der Waals surface area contributed by atoms with Crippen LogP contribution in [0.1, 0.15) is 27.2 Å². The van der Waals surface area contributed by atoms with Gasteiger partial charge in [0, 0.05) is 23.4 Å². The SMILES string of the molecule is Cc1ccc(NC(=O)c2cc(-c3cccc([N+](=O)[O-])c3)nc3onc(C)c23)c(C)c1. The Morgan fingerprint density at radius 3 is 2.63 bits per heavy atom. The summed E-state index contributed by atoms with van der Waals surface area (Å²) < 4.78 is 5.29. The van der Waals surface area contributed by atoms with E-state index in [4.69, 9.17) is 4.52 Å². The Balaban J connectivity index is 1.82. The molecule has 0 saturated carbocycles. The van der Waals surface area contributed by atoms with Gasteiger partial charge < -0.3 is 9.84 Å². The summed E-state index contributed by atoms with van der Waals surface area (Å²) in [5, 5.41) is 18.5. The molecule has 0 bridgehead atoms. The molecule has 0 fully saturated rings. The molecule has 0 spiro atoms. The van der Waals surface area contributed by atoms with Crippen molar-refractivity contribution in [1.29, 1.82) is 0 Å². The van der Waals surface area contributed by atoms with Crippen LogP contribution in [0, 0.1) is 30.9 Å². The summed E-state index contributed by atoms with van der Waals surface area (Å²) in [6.07, 6.45) is 0. The minimum atomic E-state index is -0.478. The van der Waals surface area contributed by atoms with Crippen LogP contribution in [0.15, 0.2) is 53.1 Å². The zero-order chi connectivity index (χ0) is 21.4. The number of aromatic nitrogens is 2. The summed E-state index contributed by atoms with van der Waals surface area (Å²) in [6.45, 7) is 5.63. The van der Waals surface area contributed by atoms with E-state index in [0.717, 1.165) is 11.1 Å². The summed E-state index contributed by atoms with van der Waals surface area (Å²) in [6, 6.07) is 13.4. The van der Waals surface area contributed by atoms with Gasteiger partial charge in [-0.3, -0.25) is 14.9 Å². The van der Waals surface area contributed by atoms with Gasteiger partial charge in [-0.15, -0.1) is 0 Å². The highest BCUT2D eigenvalue weighted by Gasteiger charge is 2.20. The predicted octanol–water partition coefficient (Wildman–Crippen LogP) is 4.98. The molecule has 0 saturated heterocycles. The fraction of sp³-hybridized carbons (Fsp3) is 0.136.